The summed E-state index contributed by atoms with van der Waals surface area (Å²) in [5.41, 5.74) is 0. The average molecular weight is 211 g/mol. The van der Waals surface area contributed by atoms with Crippen LogP contribution >= 0.6 is 0 Å². The molecule has 0 aromatic rings. The van der Waals surface area contributed by atoms with Gasteiger partial charge in [-0.3, -0.25) is 4.79 Å². The Balaban J connectivity index is 2.26. The molecule has 0 aromatic heterocycles. The Bertz CT molecular complexity index is 238. The second-order valence-electron chi connectivity index (χ2n) is 4.43. The summed E-state index contributed by atoms with van der Waals surface area (Å²) in [5.74, 6) is 0.909. The van der Waals surface area contributed by atoms with Crippen LogP contribution in [0.15, 0.2) is 0 Å². The minimum absolute atomic E-state index is 0.232. The molecule has 0 spiro atoms. The highest BCUT2D eigenvalue weighted by molar-refractivity contribution is 5.82. The van der Waals surface area contributed by atoms with Gasteiger partial charge in [-0.05, 0) is 26.3 Å². The van der Waals surface area contributed by atoms with Gasteiger partial charge < -0.3 is 9.69 Å². The van der Waals surface area contributed by atoms with Gasteiger partial charge in [-0.1, -0.05) is 6.92 Å². The molecule has 0 aliphatic carbocycles. The van der Waals surface area contributed by atoms with Gasteiger partial charge in [0.15, 0.2) is 0 Å². The van der Waals surface area contributed by atoms with Crippen LogP contribution in [0.2, 0.25) is 0 Å². The maximum absolute atomic E-state index is 11.5. The van der Waals surface area contributed by atoms with E-state index in [9.17, 15) is 9.59 Å². The molecule has 1 heterocycles. The highest BCUT2D eigenvalue weighted by atomic mass is 16.1. The van der Waals surface area contributed by atoms with E-state index in [1.807, 2.05) is 0 Å². The molecule has 1 saturated heterocycles. The number of likely N-dealkylation sites (tertiary alicyclic amines) is 1. The van der Waals surface area contributed by atoms with Crippen molar-refractivity contribution >= 4 is 11.6 Å². The van der Waals surface area contributed by atoms with Gasteiger partial charge in [0.2, 0.25) is 0 Å². The maximum atomic E-state index is 11.5. The Morgan fingerprint density at radius 2 is 2.27 bits per heavy atom. The van der Waals surface area contributed by atoms with Crippen LogP contribution in [-0.2, 0) is 9.59 Å². The summed E-state index contributed by atoms with van der Waals surface area (Å²) in [6, 6.07) is 0. The summed E-state index contributed by atoms with van der Waals surface area (Å²) in [5, 5.41) is 0. The summed E-state index contributed by atoms with van der Waals surface area (Å²) in [6.07, 6.45) is 3.24. The molecule has 0 aromatic carbocycles. The van der Waals surface area contributed by atoms with Crippen molar-refractivity contribution in [2.24, 2.45) is 5.92 Å². The molecule has 1 atom stereocenters. The summed E-state index contributed by atoms with van der Waals surface area (Å²) >= 11 is 0. The molecule has 0 bridgehead atoms. The fourth-order valence-corrected chi connectivity index (χ4v) is 2.09. The van der Waals surface area contributed by atoms with E-state index >= 15 is 0 Å². The van der Waals surface area contributed by atoms with Crippen molar-refractivity contribution < 1.29 is 9.59 Å². The predicted molar refractivity (Wildman–Crippen MR) is 59.8 cm³/mol. The molecule has 1 fully saturated rings. The summed E-state index contributed by atoms with van der Waals surface area (Å²) in [7, 11) is 0. The molecule has 0 N–H and O–H groups in total. The minimum Gasteiger partial charge on any atom is -0.302 e. The lowest BCUT2D eigenvalue weighted by Gasteiger charge is -2.31. The highest BCUT2D eigenvalue weighted by Gasteiger charge is 2.24. The normalized spacial score (nSPS) is 23.1. The number of hydrogen-bond donors (Lipinski definition) is 0. The van der Waals surface area contributed by atoms with Crippen LogP contribution in [0.1, 0.15) is 39.5 Å². The second kappa shape index (κ2) is 6.01. The first-order valence-corrected chi connectivity index (χ1v) is 5.88. The number of Topliss-reactive ketones (excluding diaryl/α,β-unsaturated/α-hetero) is 2. The monoisotopic (exact) mass is 211 g/mol. The van der Waals surface area contributed by atoms with E-state index in [0.29, 0.717) is 18.6 Å². The van der Waals surface area contributed by atoms with Gasteiger partial charge in [0.25, 0.3) is 0 Å². The maximum Gasteiger partial charge on any atom is 0.138 e. The number of rotatable bonds is 5. The third kappa shape index (κ3) is 4.12. The van der Waals surface area contributed by atoms with Crippen LogP contribution in [0.3, 0.4) is 0 Å². The summed E-state index contributed by atoms with van der Waals surface area (Å²) in [6.45, 7) is 6.44. The number of carbonyl (C=O) groups excluding carboxylic acids is 2. The Morgan fingerprint density at radius 3 is 2.87 bits per heavy atom. The average Bonchev–Trinajstić information content (AvgIpc) is 2.20. The van der Waals surface area contributed by atoms with Crippen LogP contribution in [0.25, 0.3) is 0 Å². The van der Waals surface area contributed by atoms with Gasteiger partial charge in [-0.25, -0.2) is 0 Å². The highest BCUT2D eigenvalue weighted by Crippen LogP contribution is 2.16. The number of nitrogens with zero attached hydrogens (tertiary/aromatic N) is 1. The van der Waals surface area contributed by atoms with E-state index < -0.39 is 0 Å². The van der Waals surface area contributed by atoms with Crippen molar-refractivity contribution in [1.29, 1.82) is 0 Å². The van der Waals surface area contributed by atoms with Gasteiger partial charge in [-0.15, -0.1) is 0 Å². The van der Waals surface area contributed by atoms with Gasteiger partial charge in [0.05, 0.1) is 0 Å². The van der Waals surface area contributed by atoms with E-state index in [4.69, 9.17) is 0 Å². The first-order chi connectivity index (χ1) is 7.13. The molecule has 0 amide bonds. The van der Waals surface area contributed by atoms with E-state index in [0.717, 1.165) is 32.5 Å². The lowest BCUT2D eigenvalue weighted by Crippen LogP contribution is -2.41. The van der Waals surface area contributed by atoms with Crippen LogP contribution in [0, 0.1) is 5.92 Å². The molecule has 0 radical (unpaired) electrons. The number of hydrogen-bond acceptors (Lipinski definition) is 3. The van der Waals surface area contributed by atoms with Crippen molar-refractivity contribution in [1.82, 2.24) is 4.90 Å². The zero-order valence-electron chi connectivity index (χ0n) is 9.79. The van der Waals surface area contributed by atoms with Crippen molar-refractivity contribution in [3.63, 3.8) is 0 Å². The largest absolute Gasteiger partial charge is 0.302 e. The molecular weight excluding hydrogens is 190 g/mol. The zero-order valence-corrected chi connectivity index (χ0v) is 9.79. The Hall–Kier alpha value is -0.700. The van der Waals surface area contributed by atoms with Crippen molar-refractivity contribution in [3.8, 4) is 0 Å². The quantitative estimate of drug-likeness (QED) is 0.694. The molecular formula is C12H21NO2. The van der Waals surface area contributed by atoms with Crippen molar-refractivity contribution in [2.45, 2.75) is 39.5 Å². The van der Waals surface area contributed by atoms with E-state index in [2.05, 4.69) is 11.8 Å². The fourth-order valence-electron chi connectivity index (χ4n) is 2.09. The van der Waals surface area contributed by atoms with E-state index in [-0.39, 0.29) is 11.7 Å². The Morgan fingerprint density at radius 1 is 1.53 bits per heavy atom. The molecule has 0 saturated carbocycles. The Kier molecular flexibility index (Phi) is 4.95. The van der Waals surface area contributed by atoms with Gasteiger partial charge in [0.1, 0.15) is 11.6 Å². The van der Waals surface area contributed by atoms with Gasteiger partial charge in [0, 0.05) is 31.8 Å². The SMILES string of the molecule is CCC1CN(CCCC(C)=O)CCC1=O. The molecule has 1 unspecified atom stereocenters. The van der Waals surface area contributed by atoms with E-state index in [1.165, 1.54) is 0 Å². The van der Waals surface area contributed by atoms with Gasteiger partial charge >= 0.3 is 0 Å². The minimum atomic E-state index is 0.232. The number of piperidine rings is 1. The van der Waals surface area contributed by atoms with Crippen LogP contribution < -0.4 is 0 Å². The Labute approximate surface area is 91.8 Å². The predicted octanol–water partition coefficient (Wildman–Crippen LogP) is 1.66. The molecule has 1 aliphatic heterocycles. The summed E-state index contributed by atoms with van der Waals surface area (Å²) < 4.78 is 0. The molecule has 3 nitrogen and oxygen atoms in total. The molecule has 3 heteroatoms. The van der Waals surface area contributed by atoms with E-state index in [1.54, 1.807) is 6.92 Å². The second-order valence-corrected chi connectivity index (χ2v) is 4.43. The van der Waals surface area contributed by atoms with Gasteiger partial charge in [-0.2, -0.15) is 0 Å². The first kappa shape index (κ1) is 12.4. The third-order valence-electron chi connectivity index (χ3n) is 3.10. The first-order valence-electron chi connectivity index (χ1n) is 5.88. The number of ketones is 2. The molecule has 15 heavy (non-hydrogen) atoms. The number of carbonyl (C=O) groups is 2. The van der Waals surface area contributed by atoms with Crippen LogP contribution in [0.4, 0.5) is 0 Å². The summed E-state index contributed by atoms with van der Waals surface area (Å²) in [4.78, 5) is 24.6. The smallest absolute Gasteiger partial charge is 0.138 e. The fraction of sp³-hybridized carbons (Fsp3) is 0.833. The topological polar surface area (TPSA) is 37.4 Å². The van der Waals surface area contributed by atoms with Crippen LogP contribution in [0.5, 0.6) is 0 Å². The molecule has 1 rings (SSSR count). The third-order valence-corrected chi connectivity index (χ3v) is 3.10. The lowest BCUT2D eigenvalue weighted by molar-refractivity contribution is -0.126. The lowest BCUT2D eigenvalue weighted by atomic mass is 9.94. The zero-order chi connectivity index (χ0) is 11.3. The standard InChI is InChI=1S/C12H21NO2/c1-3-11-9-13(8-6-12(11)15)7-4-5-10(2)14/h11H,3-9H2,1-2H3. The van der Waals surface area contributed by atoms with Crippen molar-refractivity contribution in [3.05, 3.63) is 0 Å². The van der Waals surface area contributed by atoms with Crippen LogP contribution in [-0.4, -0.2) is 36.1 Å². The molecule has 86 valence electrons. The van der Waals surface area contributed by atoms with Crippen molar-refractivity contribution in [2.75, 3.05) is 19.6 Å². The molecule has 1 aliphatic rings.